The molecule has 1 saturated heterocycles. The second-order valence-electron chi connectivity index (χ2n) is 6.22. The number of halogens is 2. The van der Waals surface area contributed by atoms with Crippen LogP contribution in [0.4, 0.5) is 4.39 Å². The molecule has 1 aliphatic rings. The van der Waals surface area contributed by atoms with Gasteiger partial charge in [-0.25, -0.2) is 9.18 Å². The Hall–Kier alpha value is -3.39. The van der Waals surface area contributed by atoms with E-state index in [0.717, 1.165) is 6.08 Å². The molecule has 0 saturated carbocycles. The zero-order chi connectivity index (χ0) is 21.7. The van der Waals surface area contributed by atoms with Crippen LogP contribution in [-0.2, 0) is 25.8 Å². The van der Waals surface area contributed by atoms with E-state index in [2.05, 4.69) is 0 Å². The lowest BCUT2D eigenvalue weighted by Crippen LogP contribution is -2.31. The van der Waals surface area contributed by atoms with Gasteiger partial charge >= 0.3 is 5.97 Å². The number of nitrogens with zero attached hydrogens (tertiary/aromatic N) is 1. The minimum atomic E-state index is -0.868. The molecule has 9 heteroatoms. The average Bonchev–Trinajstić information content (AvgIpc) is 3.04. The first kappa shape index (κ1) is 21.3. The molecule has 3 rings (SSSR count). The summed E-state index contributed by atoms with van der Waals surface area (Å²) in [5.74, 6) is -1.76. The lowest BCUT2D eigenvalue weighted by atomic mass is 10.2. The van der Waals surface area contributed by atoms with Crippen molar-refractivity contribution in [1.29, 1.82) is 0 Å². The number of benzene rings is 2. The third kappa shape index (κ3) is 4.96. The van der Waals surface area contributed by atoms with Crippen molar-refractivity contribution < 1.29 is 33.1 Å². The molecule has 1 heterocycles. The van der Waals surface area contributed by atoms with Crippen LogP contribution in [0.2, 0.25) is 5.02 Å². The standard InChI is InChI=1S/C21H17ClFNO6/c1-28-18-11-13(6-10-21(27)30-24-19(25)8-9-20(24)26)5-7-17(18)29-12-14-15(22)3-2-4-16(14)23/h2-7,10-11H,8-9,12H2,1H3/b10-6+. The van der Waals surface area contributed by atoms with Gasteiger partial charge in [0, 0.05) is 24.5 Å². The molecule has 2 aromatic rings. The molecule has 0 atom stereocenters. The van der Waals surface area contributed by atoms with E-state index in [-0.39, 0.29) is 30.0 Å². The minimum Gasteiger partial charge on any atom is -0.493 e. The minimum absolute atomic E-state index is 0.0204. The largest absolute Gasteiger partial charge is 0.493 e. The second-order valence-corrected chi connectivity index (χ2v) is 6.63. The van der Waals surface area contributed by atoms with Gasteiger partial charge in [-0.05, 0) is 35.9 Å². The van der Waals surface area contributed by atoms with Crippen molar-refractivity contribution in [2.24, 2.45) is 0 Å². The fourth-order valence-electron chi connectivity index (χ4n) is 2.67. The van der Waals surface area contributed by atoms with Crippen molar-refractivity contribution in [2.45, 2.75) is 19.4 Å². The molecule has 0 N–H and O–H groups in total. The highest BCUT2D eigenvalue weighted by atomic mass is 35.5. The van der Waals surface area contributed by atoms with E-state index < -0.39 is 23.6 Å². The van der Waals surface area contributed by atoms with Crippen LogP contribution in [0.15, 0.2) is 42.5 Å². The Morgan fingerprint density at radius 3 is 2.57 bits per heavy atom. The molecule has 2 amide bonds. The van der Waals surface area contributed by atoms with Gasteiger partial charge in [0.2, 0.25) is 0 Å². The first-order chi connectivity index (χ1) is 14.4. The van der Waals surface area contributed by atoms with Crippen LogP contribution in [0.3, 0.4) is 0 Å². The normalized spacial score (nSPS) is 13.8. The molecule has 7 nitrogen and oxygen atoms in total. The van der Waals surface area contributed by atoms with Crippen molar-refractivity contribution in [3.8, 4) is 11.5 Å². The zero-order valence-electron chi connectivity index (χ0n) is 15.9. The number of rotatable bonds is 7. The Morgan fingerprint density at radius 1 is 1.17 bits per heavy atom. The summed E-state index contributed by atoms with van der Waals surface area (Å²) >= 11 is 5.99. The maximum atomic E-state index is 13.9. The Kier molecular flexibility index (Phi) is 6.68. The molecular formula is C21H17ClFNO6. The number of hydroxylamine groups is 2. The Labute approximate surface area is 176 Å². The van der Waals surface area contributed by atoms with Crippen molar-refractivity contribution >= 4 is 35.5 Å². The van der Waals surface area contributed by atoms with Gasteiger partial charge in [0.05, 0.1) is 12.1 Å². The van der Waals surface area contributed by atoms with E-state index in [1.807, 2.05) is 0 Å². The quantitative estimate of drug-likeness (QED) is 0.489. The number of carbonyl (C=O) groups excluding carboxylic acids is 3. The van der Waals surface area contributed by atoms with Gasteiger partial charge < -0.3 is 14.3 Å². The summed E-state index contributed by atoms with van der Waals surface area (Å²) in [5.41, 5.74) is 0.790. The zero-order valence-corrected chi connectivity index (χ0v) is 16.6. The monoisotopic (exact) mass is 433 g/mol. The molecule has 0 bridgehead atoms. The fourth-order valence-corrected chi connectivity index (χ4v) is 2.89. The predicted octanol–water partition coefficient (Wildman–Crippen LogP) is 3.69. The topological polar surface area (TPSA) is 82.1 Å². The molecular weight excluding hydrogens is 417 g/mol. The van der Waals surface area contributed by atoms with Crippen LogP contribution >= 0.6 is 11.6 Å². The van der Waals surface area contributed by atoms with Crippen molar-refractivity contribution in [1.82, 2.24) is 5.06 Å². The van der Waals surface area contributed by atoms with Crippen LogP contribution in [0.25, 0.3) is 6.08 Å². The number of amides is 2. The van der Waals surface area contributed by atoms with Gasteiger partial charge in [0.1, 0.15) is 12.4 Å². The van der Waals surface area contributed by atoms with Crippen molar-refractivity contribution in [3.05, 3.63) is 64.4 Å². The van der Waals surface area contributed by atoms with E-state index >= 15 is 0 Å². The third-order valence-electron chi connectivity index (χ3n) is 4.22. The number of hydrogen-bond acceptors (Lipinski definition) is 6. The molecule has 0 aromatic heterocycles. The molecule has 30 heavy (non-hydrogen) atoms. The van der Waals surface area contributed by atoms with Gasteiger partial charge in [0.15, 0.2) is 11.5 Å². The number of ether oxygens (including phenoxy) is 2. The van der Waals surface area contributed by atoms with E-state index in [4.69, 9.17) is 25.9 Å². The van der Waals surface area contributed by atoms with Crippen molar-refractivity contribution in [3.63, 3.8) is 0 Å². The van der Waals surface area contributed by atoms with Gasteiger partial charge in [-0.15, -0.1) is 5.06 Å². The molecule has 0 radical (unpaired) electrons. The summed E-state index contributed by atoms with van der Waals surface area (Å²) in [6.07, 6.45) is 2.54. The lowest BCUT2D eigenvalue weighted by molar-refractivity contribution is -0.193. The number of hydrogen-bond donors (Lipinski definition) is 0. The van der Waals surface area contributed by atoms with Gasteiger partial charge in [-0.1, -0.05) is 23.7 Å². The van der Waals surface area contributed by atoms with Crippen LogP contribution in [0, 0.1) is 5.82 Å². The first-order valence-electron chi connectivity index (χ1n) is 8.88. The molecule has 0 spiro atoms. The third-order valence-corrected chi connectivity index (χ3v) is 4.57. The average molecular weight is 434 g/mol. The summed E-state index contributed by atoms with van der Waals surface area (Å²) in [6, 6.07) is 9.18. The predicted molar refractivity (Wildman–Crippen MR) is 105 cm³/mol. The Morgan fingerprint density at radius 2 is 1.90 bits per heavy atom. The van der Waals surface area contributed by atoms with E-state index in [1.165, 1.54) is 25.3 Å². The summed E-state index contributed by atoms with van der Waals surface area (Å²) in [6.45, 7) is -0.0960. The van der Waals surface area contributed by atoms with Crippen molar-refractivity contribution in [2.75, 3.05) is 7.11 Å². The maximum Gasteiger partial charge on any atom is 0.356 e. The smallest absolute Gasteiger partial charge is 0.356 e. The SMILES string of the molecule is COc1cc(/C=C/C(=O)ON2C(=O)CCC2=O)ccc1OCc1c(F)cccc1Cl. The first-order valence-corrected chi connectivity index (χ1v) is 9.26. The lowest BCUT2D eigenvalue weighted by Gasteiger charge is -2.13. The van der Waals surface area contributed by atoms with E-state index in [0.29, 0.717) is 22.1 Å². The summed E-state index contributed by atoms with van der Waals surface area (Å²) < 4.78 is 24.8. The van der Waals surface area contributed by atoms with E-state index in [1.54, 1.807) is 24.3 Å². The summed E-state index contributed by atoms with van der Waals surface area (Å²) in [5, 5.41) is 0.722. The highest BCUT2D eigenvalue weighted by molar-refractivity contribution is 6.31. The van der Waals surface area contributed by atoms with Crippen LogP contribution < -0.4 is 9.47 Å². The molecule has 1 aliphatic heterocycles. The van der Waals surface area contributed by atoms with Crippen LogP contribution in [0.5, 0.6) is 11.5 Å². The Balaban J connectivity index is 1.66. The van der Waals surface area contributed by atoms with E-state index in [9.17, 15) is 18.8 Å². The second kappa shape index (κ2) is 9.41. The number of carbonyl (C=O) groups is 3. The van der Waals surface area contributed by atoms with Gasteiger partial charge in [-0.2, -0.15) is 0 Å². The molecule has 0 aliphatic carbocycles. The highest BCUT2D eigenvalue weighted by Gasteiger charge is 2.32. The number of imide groups is 1. The van der Waals surface area contributed by atoms with Gasteiger partial charge in [-0.3, -0.25) is 9.59 Å². The Bertz CT molecular complexity index is 986. The van der Waals surface area contributed by atoms with Gasteiger partial charge in [0.25, 0.3) is 11.8 Å². The van der Waals surface area contributed by atoms with Crippen LogP contribution in [-0.4, -0.2) is 30.0 Å². The summed E-state index contributed by atoms with van der Waals surface area (Å²) in [4.78, 5) is 39.5. The highest BCUT2D eigenvalue weighted by Crippen LogP contribution is 2.30. The van der Waals surface area contributed by atoms with Crippen LogP contribution in [0.1, 0.15) is 24.0 Å². The molecule has 1 fully saturated rings. The molecule has 2 aromatic carbocycles. The number of methoxy groups -OCH3 is 1. The fraction of sp³-hybridized carbons (Fsp3) is 0.190. The maximum absolute atomic E-state index is 13.9. The molecule has 0 unspecified atom stereocenters. The molecule has 156 valence electrons. The summed E-state index contributed by atoms with van der Waals surface area (Å²) in [7, 11) is 1.44.